The van der Waals surface area contributed by atoms with Gasteiger partial charge in [0.25, 0.3) is 0 Å². The standard InChI is InChI=1S/C20H20O4S/c1-3-24-20(22)19-16(15-6-4-5-7-18(15)23-2)10-14(11-17(19)21)13-8-9-25-12-13/h4-9,11-12,16,19H,3,10H2,1-2H3/t16-,19-/m0/s1. The molecule has 1 aromatic carbocycles. The molecule has 4 nitrogen and oxygen atoms in total. The maximum atomic E-state index is 12.8. The van der Waals surface area contributed by atoms with Crippen LogP contribution >= 0.6 is 11.3 Å². The second-order valence-electron chi connectivity index (χ2n) is 5.87. The van der Waals surface area contributed by atoms with Crippen molar-refractivity contribution >= 4 is 28.7 Å². The molecule has 25 heavy (non-hydrogen) atoms. The average Bonchev–Trinajstić information content (AvgIpc) is 3.15. The van der Waals surface area contributed by atoms with E-state index in [2.05, 4.69) is 0 Å². The summed E-state index contributed by atoms with van der Waals surface area (Å²) in [6.07, 6.45) is 2.18. The topological polar surface area (TPSA) is 52.6 Å². The van der Waals surface area contributed by atoms with E-state index in [0.29, 0.717) is 12.2 Å². The van der Waals surface area contributed by atoms with Crippen LogP contribution in [0.3, 0.4) is 0 Å². The molecule has 0 bridgehead atoms. The molecule has 1 heterocycles. The number of ketones is 1. The van der Waals surface area contributed by atoms with Gasteiger partial charge in [0.2, 0.25) is 0 Å². The largest absolute Gasteiger partial charge is 0.496 e. The van der Waals surface area contributed by atoms with Gasteiger partial charge in [-0.15, -0.1) is 0 Å². The summed E-state index contributed by atoms with van der Waals surface area (Å²) < 4.78 is 10.6. The fraction of sp³-hybridized carbons (Fsp3) is 0.300. The summed E-state index contributed by atoms with van der Waals surface area (Å²) in [7, 11) is 1.60. The first kappa shape index (κ1) is 17.4. The summed E-state index contributed by atoms with van der Waals surface area (Å²) in [6, 6.07) is 9.53. The second kappa shape index (κ2) is 7.66. The Morgan fingerprint density at radius 2 is 2.08 bits per heavy atom. The molecular formula is C20H20O4S. The fourth-order valence-electron chi connectivity index (χ4n) is 3.30. The molecule has 1 aromatic heterocycles. The third-order valence-electron chi connectivity index (χ3n) is 4.44. The molecule has 0 fully saturated rings. The number of carbonyl (C=O) groups excluding carboxylic acids is 2. The first-order valence-corrected chi connectivity index (χ1v) is 9.16. The Morgan fingerprint density at radius 3 is 2.76 bits per heavy atom. The Balaban J connectivity index is 2.05. The number of esters is 1. The number of hydrogen-bond acceptors (Lipinski definition) is 5. The van der Waals surface area contributed by atoms with Crippen molar-refractivity contribution in [1.29, 1.82) is 0 Å². The highest BCUT2D eigenvalue weighted by molar-refractivity contribution is 7.08. The van der Waals surface area contributed by atoms with E-state index in [-0.39, 0.29) is 18.3 Å². The number of rotatable bonds is 5. The van der Waals surface area contributed by atoms with Crippen molar-refractivity contribution in [3.63, 3.8) is 0 Å². The van der Waals surface area contributed by atoms with E-state index in [0.717, 1.165) is 16.7 Å². The van der Waals surface area contributed by atoms with Crippen LogP contribution in [-0.4, -0.2) is 25.5 Å². The Kier molecular flexibility index (Phi) is 5.34. The van der Waals surface area contributed by atoms with Gasteiger partial charge in [0.05, 0.1) is 13.7 Å². The molecule has 0 spiro atoms. The van der Waals surface area contributed by atoms with Gasteiger partial charge < -0.3 is 9.47 Å². The van der Waals surface area contributed by atoms with Crippen molar-refractivity contribution in [1.82, 2.24) is 0 Å². The average molecular weight is 356 g/mol. The van der Waals surface area contributed by atoms with E-state index in [1.807, 2.05) is 41.1 Å². The van der Waals surface area contributed by atoms with Gasteiger partial charge in [-0.05, 0) is 59.0 Å². The minimum Gasteiger partial charge on any atom is -0.496 e. The maximum Gasteiger partial charge on any atom is 0.317 e. The van der Waals surface area contributed by atoms with Crippen molar-refractivity contribution in [2.75, 3.05) is 13.7 Å². The van der Waals surface area contributed by atoms with Gasteiger partial charge in [0, 0.05) is 5.92 Å². The van der Waals surface area contributed by atoms with Crippen LogP contribution in [0.15, 0.2) is 47.2 Å². The number of benzene rings is 1. The number of para-hydroxylation sites is 1. The Labute approximate surface area is 151 Å². The zero-order valence-corrected chi connectivity index (χ0v) is 15.0. The van der Waals surface area contributed by atoms with Gasteiger partial charge in [-0.1, -0.05) is 18.2 Å². The van der Waals surface area contributed by atoms with Crippen molar-refractivity contribution in [3.8, 4) is 5.75 Å². The SMILES string of the molecule is CCOC(=O)[C@@H]1C(=O)C=C(c2ccsc2)C[C@H]1c1ccccc1OC. The predicted octanol–water partition coefficient (Wildman–Crippen LogP) is 4.08. The van der Waals surface area contributed by atoms with E-state index >= 15 is 0 Å². The van der Waals surface area contributed by atoms with Gasteiger partial charge in [-0.2, -0.15) is 11.3 Å². The molecule has 0 radical (unpaired) electrons. The number of hydrogen-bond donors (Lipinski definition) is 0. The van der Waals surface area contributed by atoms with E-state index < -0.39 is 11.9 Å². The second-order valence-corrected chi connectivity index (χ2v) is 6.65. The molecule has 0 saturated carbocycles. The summed E-state index contributed by atoms with van der Waals surface area (Å²) in [5.41, 5.74) is 2.83. The first-order chi connectivity index (χ1) is 12.2. The molecule has 1 aliphatic carbocycles. The normalized spacial score (nSPS) is 20.1. The molecule has 0 unspecified atom stereocenters. The highest BCUT2D eigenvalue weighted by Crippen LogP contribution is 2.43. The number of ether oxygens (including phenoxy) is 2. The Hall–Kier alpha value is -2.40. The fourth-order valence-corrected chi connectivity index (χ4v) is 3.98. The van der Waals surface area contributed by atoms with Crippen molar-refractivity contribution < 1.29 is 19.1 Å². The quantitative estimate of drug-likeness (QED) is 0.598. The van der Waals surface area contributed by atoms with Crippen LogP contribution < -0.4 is 4.74 Å². The number of thiophene rings is 1. The number of carbonyl (C=O) groups is 2. The number of methoxy groups -OCH3 is 1. The molecule has 2 aromatic rings. The predicted molar refractivity (Wildman–Crippen MR) is 97.8 cm³/mol. The van der Waals surface area contributed by atoms with Crippen LogP contribution in [0.5, 0.6) is 5.75 Å². The Morgan fingerprint density at radius 1 is 1.28 bits per heavy atom. The highest BCUT2D eigenvalue weighted by atomic mass is 32.1. The molecule has 130 valence electrons. The van der Waals surface area contributed by atoms with Crippen LogP contribution in [0.25, 0.3) is 5.57 Å². The minimum absolute atomic E-state index is 0.207. The molecule has 0 amide bonds. The molecular weight excluding hydrogens is 336 g/mol. The van der Waals surface area contributed by atoms with Gasteiger partial charge in [0.1, 0.15) is 11.7 Å². The number of allylic oxidation sites excluding steroid dienone is 2. The molecule has 5 heteroatoms. The maximum absolute atomic E-state index is 12.8. The lowest BCUT2D eigenvalue weighted by atomic mass is 9.73. The van der Waals surface area contributed by atoms with E-state index in [1.54, 1.807) is 31.4 Å². The summed E-state index contributed by atoms with van der Waals surface area (Å²) in [6.45, 7) is 2.00. The lowest BCUT2D eigenvalue weighted by Gasteiger charge is -2.30. The monoisotopic (exact) mass is 356 g/mol. The molecule has 2 atom stereocenters. The molecule has 1 aliphatic rings. The third kappa shape index (κ3) is 3.51. The third-order valence-corrected chi connectivity index (χ3v) is 5.12. The first-order valence-electron chi connectivity index (χ1n) is 8.22. The van der Waals surface area contributed by atoms with Crippen molar-refractivity contribution in [3.05, 3.63) is 58.3 Å². The molecule has 0 saturated heterocycles. The van der Waals surface area contributed by atoms with Crippen LogP contribution in [0, 0.1) is 5.92 Å². The van der Waals surface area contributed by atoms with Crippen LogP contribution in [0.1, 0.15) is 30.4 Å². The lowest BCUT2D eigenvalue weighted by Crippen LogP contribution is -2.34. The summed E-state index contributed by atoms with van der Waals surface area (Å²) >= 11 is 1.59. The van der Waals surface area contributed by atoms with E-state index in [9.17, 15) is 9.59 Å². The van der Waals surface area contributed by atoms with E-state index in [1.165, 1.54) is 0 Å². The van der Waals surface area contributed by atoms with Crippen molar-refractivity contribution in [2.45, 2.75) is 19.3 Å². The van der Waals surface area contributed by atoms with Crippen LogP contribution in [-0.2, 0) is 14.3 Å². The van der Waals surface area contributed by atoms with Gasteiger partial charge in [-0.3, -0.25) is 9.59 Å². The molecule has 0 aliphatic heterocycles. The van der Waals surface area contributed by atoms with Crippen LogP contribution in [0.2, 0.25) is 0 Å². The smallest absolute Gasteiger partial charge is 0.317 e. The zero-order chi connectivity index (χ0) is 17.8. The highest BCUT2D eigenvalue weighted by Gasteiger charge is 2.40. The zero-order valence-electron chi connectivity index (χ0n) is 14.2. The van der Waals surface area contributed by atoms with Gasteiger partial charge in [-0.25, -0.2) is 0 Å². The Bertz CT molecular complexity index is 792. The lowest BCUT2D eigenvalue weighted by molar-refractivity contribution is -0.151. The van der Waals surface area contributed by atoms with E-state index in [4.69, 9.17) is 9.47 Å². The molecule has 3 rings (SSSR count). The van der Waals surface area contributed by atoms with Crippen LogP contribution in [0.4, 0.5) is 0 Å². The summed E-state index contributed by atoms with van der Waals surface area (Å²) in [5.74, 6) is -1.13. The molecule has 0 N–H and O–H groups in total. The van der Waals surface area contributed by atoms with Crippen molar-refractivity contribution in [2.24, 2.45) is 5.92 Å². The minimum atomic E-state index is -0.835. The summed E-state index contributed by atoms with van der Waals surface area (Å²) in [5, 5.41) is 4.00. The van der Waals surface area contributed by atoms with Gasteiger partial charge in [0.15, 0.2) is 5.78 Å². The van der Waals surface area contributed by atoms with Gasteiger partial charge >= 0.3 is 5.97 Å². The summed E-state index contributed by atoms with van der Waals surface area (Å²) in [4.78, 5) is 25.3.